The molecule has 0 aromatic carbocycles. The number of thioether (sulfide) groups is 1. The van der Waals surface area contributed by atoms with Crippen LogP contribution in [0, 0.1) is 0 Å². The summed E-state index contributed by atoms with van der Waals surface area (Å²) in [5, 5.41) is 13.8. The summed E-state index contributed by atoms with van der Waals surface area (Å²) >= 11 is 1.55. The molecule has 7 N–H and O–H groups in total. The average molecular weight is 432 g/mol. The minimum Gasteiger partial charge on any atom is -0.480 e. The molecule has 10 nitrogen and oxygen atoms in total. The van der Waals surface area contributed by atoms with Gasteiger partial charge in [-0.25, -0.2) is 0 Å². The summed E-state index contributed by atoms with van der Waals surface area (Å²) in [6, 6.07) is -2.23. The number of aliphatic carboxylic acids is 1. The Morgan fingerprint density at radius 3 is 2.59 bits per heavy atom. The van der Waals surface area contributed by atoms with Crippen molar-refractivity contribution in [2.75, 3.05) is 31.6 Å². The maximum absolute atomic E-state index is 13.1. The predicted molar refractivity (Wildman–Crippen MR) is 111 cm³/mol. The van der Waals surface area contributed by atoms with Crippen molar-refractivity contribution in [3.63, 3.8) is 0 Å². The van der Waals surface area contributed by atoms with Crippen LogP contribution in [0.1, 0.15) is 38.5 Å². The highest BCUT2D eigenvalue weighted by Crippen LogP contribution is 2.20. The molecule has 1 rings (SSSR count). The van der Waals surface area contributed by atoms with Crippen LogP contribution in [0.3, 0.4) is 0 Å². The fraction of sp³-hybridized carbons (Fsp3) is 0.778. The SMILES string of the molecule is CSCCC(NC(=O)C(N)CCCCN)C(=O)N1CCCC1C(=O)NCC(=O)O. The summed E-state index contributed by atoms with van der Waals surface area (Å²) in [4.78, 5) is 49.9. The monoisotopic (exact) mass is 431 g/mol. The molecule has 1 aliphatic rings. The second kappa shape index (κ2) is 13.4. The number of amides is 3. The van der Waals surface area contributed by atoms with Gasteiger partial charge in [-0.3, -0.25) is 19.2 Å². The van der Waals surface area contributed by atoms with E-state index in [0.29, 0.717) is 44.5 Å². The minimum atomic E-state index is -1.15. The van der Waals surface area contributed by atoms with Gasteiger partial charge < -0.3 is 32.1 Å². The lowest BCUT2D eigenvalue weighted by Gasteiger charge is -2.29. The number of rotatable bonds is 13. The van der Waals surface area contributed by atoms with Crippen LogP contribution in [0.4, 0.5) is 0 Å². The lowest BCUT2D eigenvalue weighted by Crippen LogP contribution is -2.56. The zero-order valence-electron chi connectivity index (χ0n) is 16.9. The van der Waals surface area contributed by atoms with E-state index in [-0.39, 0.29) is 5.91 Å². The zero-order valence-corrected chi connectivity index (χ0v) is 17.7. The van der Waals surface area contributed by atoms with Crippen molar-refractivity contribution in [1.82, 2.24) is 15.5 Å². The van der Waals surface area contributed by atoms with Crippen LogP contribution in [0.5, 0.6) is 0 Å². The fourth-order valence-corrected chi connectivity index (χ4v) is 3.67. The Morgan fingerprint density at radius 1 is 1.24 bits per heavy atom. The molecule has 1 fully saturated rings. The number of nitrogens with one attached hydrogen (secondary N) is 2. The molecular formula is C18H33N5O5S. The van der Waals surface area contributed by atoms with Gasteiger partial charge in [0.25, 0.3) is 0 Å². The number of likely N-dealkylation sites (tertiary alicyclic amines) is 1. The first-order valence-corrected chi connectivity index (χ1v) is 11.3. The molecule has 3 unspecified atom stereocenters. The summed E-state index contributed by atoms with van der Waals surface area (Å²) in [5.41, 5.74) is 11.4. The highest BCUT2D eigenvalue weighted by atomic mass is 32.2. The van der Waals surface area contributed by atoms with Gasteiger partial charge in [-0.15, -0.1) is 0 Å². The Bertz CT molecular complexity index is 577. The van der Waals surface area contributed by atoms with Crippen LogP contribution in [0.15, 0.2) is 0 Å². The van der Waals surface area contributed by atoms with Crippen molar-refractivity contribution >= 4 is 35.5 Å². The third-order valence-electron chi connectivity index (χ3n) is 4.78. The minimum absolute atomic E-state index is 0.338. The summed E-state index contributed by atoms with van der Waals surface area (Å²) < 4.78 is 0. The number of hydrogen-bond acceptors (Lipinski definition) is 7. The molecule has 1 heterocycles. The van der Waals surface area contributed by atoms with Gasteiger partial charge in [0.15, 0.2) is 0 Å². The van der Waals surface area contributed by atoms with Gasteiger partial charge in [0.2, 0.25) is 17.7 Å². The van der Waals surface area contributed by atoms with Crippen LogP contribution in [0.25, 0.3) is 0 Å². The average Bonchev–Trinajstić information content (AvgIpc) is 3.18. The predicted octanol–water partition coefficient (Wildman–Crippen LogP) is -1.13. The largest absolute Gasteiger partial charge is 0.480 e. The van der Waals surface area contributed by atoms with E-state index in [1.54, 1.807) is 11.8 Å². The van der Waals surface area contributed by atoms with Crippen LogP contribution >= 0.6 is 11.8 Å². The lowest BCUT2D eigenvalue weighted by atomic mass is 10.1. The number of carbonyl (C=O) groups excluding carboxylic acids is 3. The van der Waals surface area contributed by atoms with E-state index in [1.807, 2.05) is 6.26 Å². The fourth-order valence-electron chi connectivity index (χ4n) is 3.20. The summed E-state index contributed by atoms with van der Waals surface area (Å²) in [7, 11) is 0. The molecule has 0 spiro atoms. The molecule has 3 amide bonds. The second-order valence-electron chi connectivity index (χ2n) is 7.03. The van der Waals surface area contributed by atoms with Gasteiger partial charge >= 0.3 is 5.97 Å². The Kier molecular flexibility index (Phi) is 11.6. The van der Waals surface area contributed by atoms with E-state index >= 15 is 0 Å². The van der Waals surface area contributed by atoms with Crippen molar-refractivity contribution in [2.45, 2.75) is 56.7 Å². The number of nitrogens with two attached hydrogens (primary N) is 2. The maximum atomic E-state index is 13.1. The molecule has 1 aliphatic heterocycles. The molecule has 0 aromatic rings. The molecule has 0 aliphatic carbocycles. The quantitative estimate of drug-likeness (QED) is 0.228. The van der Waals surface area contributed by atoms with Crippen molar-refractivity contribution in [1.29, 1.82) is 0 Å². The van der Waals surface area contributed by atoms with E-state index in [9.17, 15) is 19.2 Å². The maximum Gasteiger partial charge on any atom is 0.322 e. The molecule has 0 aromatic heterocycles. The number of carboxylic acids is 1. The van der Waals surface area contributed by atoms with E-state index in [2.05, 4.69) is 10.6 Å². The second-order valence-corrected chi connectivity index (χ2v) is 8.02. The molecule has 29 heavy (non-hydrogen) atoms. The molecule has 0 radical (unpaired) electrons. The van der Waals surface area contributed by atoms with E-state index in [1.165, 1.54) is 4.90 Å². The van der Waals surface area contributed by atoms with Crippen molar-refractivity contribution in [3.05, 3.63) is 0 Å². The van der Waals surface area contributed by atoms with Crippen LogP contribution < -0.4 is 22.1 Å². The molecule has 1 saturated heterocycles. The van der Waals surface area contributed by atoms with Crippen LogP contribution in [-0.4, -0.2) is 83.5 Å². The molecule has 0 saturated carbocycles. The van der Waals surface area contributed by atoms with Gasteiger partial charge in [0, 0.05) is 6.54 Å². The summed E-state index contributed by atoms with van der Waals surface area (Å²) in [5.74, 6) is -1.72. The summed E-state index contributed by atoms with van der Waals surface area (Å²) in [6.07, 6.45) is 5.40. The first-order valence-electron chi connectivity index (χ1n) is 9.86. The van der Waals surface area contributed by atoms with Gasteiger partial charge in [0.05, 0.1) is 6.04 Å². The van der Waals surface area contributed by atoms with Crippen molar-refractivity contribution < 1.29 is 24.3 Å². The third-order valence-corrected chi connectivity index (χ3v) is 5.43. The van der Waals surface area contributed by atoms with Gasteiger partial charge in [0.1, 0.15) is 18.6 Å². The van der Waals surface area contributed by atoms with Gasteiger partial charge in [-0.2, -0.15) is 11.8 Å². The van der Waals surface area contributed by atoms with Gasteiger partial charge in [-0.05, 0) is 50.7 Å². The first-order chi connectivity index (χ1) is 13.8. The molecule has 0 bridgehead atoms. The smallest absolute Gasteiger partial charge is 0.322 e. The number of carboxylic acid groups (broad SMARTS) is 1. The number of carbonyl (C=O) groups is 4. The zero-order chi connectivity index (χ0) is 21.8. The van der Waals surface area contributed by atoms with E-state index < -0.39 is 42.5 Å². The number of unbranched alkanes of at least 4 members (excludes halogenated alkanes) is 1. The Balaban J connectivity index is 2.76. The molecular weight excluding hydrogens is 398 g/mol. The number of nitrogens with zero attached hydrogens (tertiary/aromatic N) is 1. The topological polar surface area (TPSA) is 168 Å². The molecule has 166 valence electrons. The number of hydrogen-bond donors (Lipinski definition) is 5. The van der Waals surface area contributed by atoms with Gasteiger partial charge in [-0.1, -0.05) is 6.42 Å². The molecule has 3 atom stereocenters. The Hall–Kier alpha value is -1.85. The summed E-state index contributed by atoms with van der Waals surface area (Å²) in [6.45, 7) is 0.420. The van der Waals surface area contributed by atoms with E-state index in [0.717, 1.165) is 12.8 Å². The van der Waals surface area contributed by atoms with Crippen molar-refractivity contribution in [3.8, 4) is 0 Å². The highest BCUT2D eigenvalue weighted by molar-refractivity contribution is 7.98. The van der Waals surface area contributed by atoms with Crippen LogP contribution in [-0.2, 0) is 19.2 Å². The van der Waals surface area contributed by atoms with Crippen molar-refractivity contribution in [2.24, 2.45) is 11.5 Å². The normalized spacial score (nSPS) is 18.2. The third kappa shape index (κ3) is 8.58. The van der Waals surface area contributed by atoms with Crippen LogP contribution in [0.2, 0.25) is 0 Å². The lowest BCUT2D eigenvalue weighted by molar-refractivity contribution is -0.142. The Labute approximate surface area is 175 Å². The highest BCUT2D eigenvalue weighted by Gasteiger charge is 2.37. The Morgan fingerprint density at radius 2 is 1.97 bits per heavy atom. The van der Waals surface area contributed by atoms with E-state index in [4.69, 9.17) is 16.6 Å². The molecule has 11 heteroatoms. The first kappa shape index (κ1) is 25.2. The standard InChI is InChI=1S/C18H33N5O5S/c1-29-10-7-13(22-16(26)12(20)5-2-3-8-19)18(28)23-9-4-6-14(23)17(27)21-11-15(24)25/h12-14H,2-11,19-20H2,1H3,(H,21,27)(H,22,26)(H,24,25).